The molecule has 0 bridgehead atoms. The topological polar surface area (TPSA) is 137 Å². The van der Waals surface area contributed by atoms with E-state index in [0.29, 0.717) is 27.8 Å². The first kappa shape index (κ1) is 27.5. The molecule has 4 amide bonds. The van der Waals surface area contributed by atoms with Crippen molar-refractivity contribution in [1.82, 2.24) is 16.0 Å². The van der Waals surface area contributed by atoms with Crippen LogP contribution in [0.2, 0.25) is 10.0 Å². The molecule has 0 saturated heterocycles. The Hall–Kier alpha value is -4.08. The van der Waals surface area contributed by atoms with E-state index in [1.54, 1.807) is 12.1 Å². The number of carbonyl (C=O) groups is 4. The number of rotatable bonds is 10. The van der Waals surface area contributed by atoms with E-state index in [1.807, 2.05) is 30.3 Å². The van der Waals surface area contributed by atoms with Crippen LogP contribution in [0.15, 0.2) is 72.8 Å². The predicted molar refractivity (Wildman–Crippen MR) is 141 cm³/mol. The molecule has 3 aromatic rings. The first-order chi connectivity index (χ1) is 17.7. The Bertz CT molecular complexity index is 1270. The van der Waals surface area contributed by atoms with Crippen LogP contribution in [0.5, 0.6) is 0 Å². The van der Waals surface area contributed by atoms with Crippen LogP contribution in [0.4, 0.5) is 10.5 Å². The quantitative estimate of drug-likeness (QED) is 0.259. The van der Waals surface area contributed by atoms with Crippen molar-refractivity contribution in [3.05, 3.63) is 99.5 Å². The van der Waals surface area contributed by atoms with Gasteiger partial charge in [-0.15, -0.1) is 0 Å². The molecule has 0 aromatic heterocycles. The maximum Gasteiger partial charge on any atom is 0.319 e. The van der Waals surface area contributed by atoms with Crippen LogP contribution < -0.4 is 21.3 Å². The van der Waals surface area contributed by atoms with E-state index in [0.717, 1.165) is 5.56 Å². The average Bonchev–Trinajstić information content (AvgIpc) is 2.85. The van der Waals surface area contributed by atoms with Crippen LogP contribution in [0, 0.1) is 0 Å². The van der Waals surface area contributed by atoms with Crippen molar-refractivity contribution in [2.24, 2.45) is 0 Å². The van der Waals surface area contributed by atoms with Gasteiger partial charge in [0, 0.05) is 27.8 Å². The van der Waals surface area contributed by atoms with Gasteiger partial charge in [-0.2, -0.15) is 0 Å². The van der Waals surface area contributed by atoms with Gasteiger partial charge < -0.3 is 26.4 Å². The molecule has 192 valence electrons. The van der Waals surface area contributed by atoms with E-state index >= 15 is 0 Å². The van der Waals surface area contributed by atoms with Crippen LogP contribution >= 0.6 is 23.2 Å². The molecule has 0 spiro atoms. The Morgan fingerprint density at radius 2 is 1.54 bits per heavy atom. The minimum Gasteiger partial charge on any atom is -0.481 e. The highest BCUT2D eigenvalue weighted by atomic mass is 35.5. The number of aliphatic carboxylic acids is 1. The van der Waals surface area contributed by atoms with Crippen molar-refractivity contribution in [3.8, 4) is 0 Å². The molecule has 0 radical (unpaired) electrons. The monoisotopic (exact) mass is 542 g/mol. The van der Waals surface area contributed by atoms with Crippen molar-refractivity contribution < 1.29 is 24.3 Å². The molecule has 11 heteroatoms. The third-order valence-corrected chi connectivity index (χ3v) is 5.53. The molecule has 1 atom stereocenters. The van der Waals surface area contributed by atoms with Gasteiger partial charge in [0.25, 0.3) is 5.91 Å². The second-order valence-corrected chi connectivity index (χ2v) is 8.85. The summed E-state index contributed by atoms with van der Waals surface area (Å²) in [5.74, 6) is -2.29. The van der Waals surface area contributed by atoms with E-state index in [-0.39, 0.29) is 5.56 Å². The minimum atomic E-state index is -1.14. The van der Waals surface area contributed by atoms with Crippen molar-refractivity contribution >= 4 is 52.7 Å². The zero-order chi connectivity index (χ0) is 26.8. The van der Waals surface area contributed by atoms with Crippen LogP contribution in [0.25, 0.3) is 0 Å². The fourth-order valence-corrected chi connectivity index (χ4v) is 3.95. The number of carboxylic acid groups (broad SMARTS) is 1. The Kier molecular flexibility index (Phi) is 9.88. The number of nitrogens with one attached hydrogen (secondary N) is 4. The Balaban J connectivity index is 1.54. The Morgan fingerprint density at radius 1 is 0.838 bits per heavy atom. The number of carboxylic acids is 1. The molecular formula is C26H24Cl2N4O5. The summed E-state index contributed by atoms with van der Waals surface area (Å²) in [6.45, 7) is -0.0648. The van der Waals surface area contributed by atoms with Gasteiger partial charge in [0.15, 0.2) is 0 Å². The molecule has 0 aliphatic rings. The number of hydrogen-bond donors (Lipinski definition) is 5. The highest BCUT2D eigenvalue weighted by Crippen LogP contribution is 2.25. The number of amides is 4. The maximum atomic E-state index is 12.6. The number of hydrogen-bond acceptors (Lipinski definition) is 4. The molecule has 0 aliphatic heterocycles. The third kappa shape index (κ3) is 9.14. The van der Waals surface area contributed by atoms with E-state index < -0.39 is 42.8 Å². The van der Waals surface area contributed by atoms with Crippen molar-refractivity contribution in [2.45, 2.75) is 19.0 Å². The molecule has 1 unspecified atom stereocenters. The zero-order valence-corrected chi connectivity index (χ0v) is 21.0. The van der Waals surface area contributed by atoms with Gasteiger partial charge >= 0.3 is 12.0 Å². The van der Waals surface area contributed by atoms with Crippen LogP contribution in [-0.4, -0.2) is 35.5 Å². The van der Waals surface area contributed by atoms with Crippen LogP contribution in [0.1, 0.15) is 33.9 Å². The fourth-order valence-electron chi connectivity index (χ4n) is 3.40. The molecule has 0 heterocycles. The third-order valence-electron chi connectivity index (χ3n) is 5.09. The van der Waals surface area contributed by atoms with Gasteiger partial charge in [0.2, 0.25) is 5.91 Å². The number of anilines is 1. The summed E-state index contributed by atoms with van der Waals surface area (Å²) in [7, 11) is 0. The van der Waals surface area contributed by atoms with Crippen molar-refractivity contribution in [2.75, 3.05) is 11.9 Å². The average molecular weight is 543 g/mol. The molecule has 5 N–H and O–H groups in total. The Labute approximate surface area is 223 Å². The van der Waals surface area contributed by atoms with Gasteiger partial charge in [0.05, 0.1) is 19.0 Å². The second kappa shape index (κ2) is 13.3. The first-order valence-electron chi connectivity index (χ1n) is 11.1. The minimum absolute atomic E-state index is 0.220. The number of benzene rings is 3. The summed E-state index contributed by atoms with van der Waals surface area (Å²) < 4.78 is 0. The molecule has 37 heavy (non-hydrogen) atoms. The first-order valence-corrected chi connectivity index (χ1v) is 11.9. The Morgan fingerprint density at radius 3 is 2.22 bits per heavy atom. The number of carbonyl (C=O) groups excluding carboxylic acids is 3. The standard InChI is InChI=1S/C26H24Cl2N4O5/c27-19-9-18(10-20(28)12-19)22(13-24(34)35)32-23(33)15-29-25(36)17-7-4-8-21(11-17)31-26(37)30-14-16-5-2-1-3-6-16/h1-12,22H,13-15H2,(H,29,36)(H,32,33)(H,34,35)(H2,30,31,37). The highest BCUT2D eigenvalue weighted by Gasteiger charge is 2.20. The molecule has 3 aromatic carbocycles. The summed E-state index contributed by atoms with van der Waals surface area (Å²) in [6.07, 6.45) is -0.406. The summed E-state index contributed by atoms with van der Waals surface area (Å²) in [4.78, 5) is 48.5. The smallest absolute Gasteiger partial charge is 0.319 e. The van der Waals surface area contributed by atoms with Gasteiger partial charge in [-0.1, -0.05) is 59.6 Å². The molecular weight excluding hydrogens is 519 g/mol. The zero-order valence-electron chi connectivity index (χ0n) is 19.5. The normalized spacial score (nSPS) is 11.2. The molecule has 3 rings (SSSR count). The van der Waals surface area contributed by atoms with Gasteiger partial charge in [-0.3, -0.25) is 14.4 Å². The lowest BCUT2D eigenvalue weighted by Crippen LogP contribution is -2.39. The van der Waals surface area contributed by atoms with E-state index in [4.69, 9.17) is 23.2 Å². The van der Waals surface area contributed by atoms with Gasteiger partial charge in [-0.05, 0) is 47.5 Å². The maximum absolute atomic E-state index is 12.6. The van der Waals surface area contributed by atoms with E-state index in [1.165, 1.54) is 30.3 Å². The SMILES string of the molecule is O=C(O)CC(NC(=O)CNC(=O)c1cccc(NC(=O)NCc2ccccc2)c1)c1cc(Cl)cc(Cl)c1. The second-order valence-electron chi connectivity index (χ2n) is 7.98. The molecule has 0 aliphatic carbocycles. The molecule has 9 nitrogen and oxygen atoms in total. The van der Waals surface area contributed by atoms with Crippen molar-refractivity contribution in [3.63, 3.8) is 0 Å². The lowest BCUT2D eigenvalue weighted by Gasteiger charge is -2.18. The summed E-state index contributed by atoms with van der Waals surface area (Å²) in [5, 5.41) is 20.2. The highest BCUT2D eigenvalue weighted by molar-refractivity contribution is 6.34. The summed E-state index contributed by atoms with van der Waals surface area (Å²) in [5.41, 5.74) is 1.97. The molecule has 0 saturated carbocycles. The summed E-state index contributed by atoms with van der Waals surface area (Å²) in [6, 6.07) is 18.8. The predicted octanol–water partition coefficient (Wildman–Crippen LogP) is 4.38. The van der Waals surface area contributed by atoms with E-state index in [2.05, 4.69) is 21.3 Å². The lowest BCUT2D eigenvalue weighted by atomic mass is 10.0. The van der Waals surface area contributed by atoms with Crippen molar-refractivity contribution in [1.29, 1.82) is 0 Å². The van der Waals surface area contributed by atoms with Crippen LogP contribution in [-0.2, 0) is 16.1 Å². The van der Waals surface area contributed by atoms with Crippen LogP contribution in [0.3, 0.4) is 0 Å². The van der Waals surface area contributed by atoms with Gasteiger partial charge in [-0.25, -0.2) is 4.79 Å². The van der Waals surface area contributed by atoms with Gasteiger partial charge in [0.1, 0.15) is 0 Å². The summed E-state index contributed by atoms with van der Waals surface area (Å²) >= 11 is 12.0. The number of halogens is 2. The lowest BCUT2D eigenvalue weighted by molar-refractivity contribution is -0.137. The molecule has 0 fully saturated rings. The fraction of sp³-hybridized carbons (Fsp3) is 0.154. The van der Waals surface area contributed by atoms with E-state index in [9.17, 15) is 24.3 Å². The number of urea groups is 1. The largest absolute Gasteiger partial charge is 0.481 e.